The monoisotopic (exact) mass is 283 g/mol. The van der Waals surface area contributed by atoms with Gasteiger partial charge in [-0.05, 0) is 12.8 Å². The number of ether oxygens (including phenoxy) is 2. The summed E-state index contributed by atoms with van der Waals surface area (Å²) in [6.45, 7) is 2.08. The highest BCUT2D eigenvalue weighted by atomic mass is 16.5. The van der Waals surface area contributed by atoms with E-state index in [4.69, 9.17) is 20.4 Å². The first-order chi connectivity index (χ1) is 9.80. The smallest absolute Gasteiger partial charge is 0.205 e. The minimum Gasteiger partial charge on any atom is -0.490 e. The second-order valence-electron chi connectivity index (χ2n) is 4.50. The number of aliphatic hydroxyl groups is 1. The number of nitrogen functional groups attached to an aromatic ring is 1. The Hall–Kier alpha value is -1.64. The minimum atomic E-state index is 0.0610. The summed E-state index contributed by atoms with van der Waals surface area (Å²) in [5.74, 6) is 7.17. The largest absolute Gasteiger partial charge is 0.490 e. The van der Waals surface area contributed by atoms with Crippen LogP contribution in [-0.2, 0) is 4.74 Å². The van der Waals surface area contributed by atoms with Gasteiger partial charge in [0.25, 0.3) is 0 Å². The predicted octanol–water partition coefficient (Wildman–Crippen LogP) is -0.252. The number of rotatable bonds is 6. The van der Waals surface area contributed by atoms with Gasteiger partial charge in [-0.25, -0.2) is 15.8 Å². The third-order valence-electron chi connectivity index (χ3n) is 3.31. The maximum atomic E-state index is 8.77. The van der Waals surface area contributed by atoms with Crippen LogP contribution in [0, 0.1) is 0 Å². The number of hydrazine groups is 1. The first kappa shape index (κ1) is 14.8. The first-order valence-electron chi connectivity index (χ1n) is 6.63. The standard InChI is InChI=1S/C12H21N5O3/c1-19-10-11(16-13)14-8-15-12(10)17-4-2-9(3-5-17)20-7-6-18/h8-9,18H,2-7,13H2,1H3,(H,14,15,16). The summed E-state index contributed by atoms with van der Waals surface area (Å²) < 4.78 is 10.9. The molecular formula is C12H21N5O3. The van der Waals surface area contributed by atoms with Gasteiger partial charge >= 0.3 is 0 Å². The Morgan fingerprint density at radius 3 is 2.80 bits per heavy atom. The molecule has 1 fully saturated rings. The highest BCUT2D eigenvalue weighted by Crippen LogP contribution is 2.33. The van der Waals surface area contributed by atoms with Crippen LogP contribution in [0.3, 0.4) is 0 Å². The topological polar surface area (TPSA) is 106 Å². The van der Waals surface area contributed by atoms with Gasteiger partial charge in [-0.2, -0.15) is 0 Å². The van der Waals surface area contributed by atoms with E-state index >= 15 is 0 Å². The zero-order chi connectivity index (χ0) is 14.4. The van der Waals surface area contributed by atoms with Gasteiger partial charge in [0.2, 0.25) is 5.75 Å². The SMILES string of the molecule is COc1c(NN)ncnc1N1CCC(OCCO)CC1. The number of nitrogens with zero attached hydrogens (tertiary/aromatic N) is 3. The van der Waals surface area contributed by atoms with E-state index in [0.29, 0.717) is 18.2 Å². The van der Waals surface area contributed by atoms with Crippen molar-refractivity contribution in [3.8, 4) is 5.75 Å². The molecule has 2 rings (SSSR count). The van der Waals surface area contributed by atoms with Crippen molar-refractivity contribution >= 4 is 11.6 Å². The third-order valence-corrected chi connectivity index (χ3v) is 3.31. The molecule has 20 heavy (non-hydrogen) atoms. The van der Waals surface area contributed by atoms with Crippen molar-refractivity contribution in [2.45, 2.75) is 18.9 Å². The summed E-state index contributed by atoms with van der Waals surface area (Å²) >= 11 is 0. The number of nitrogens with two attached hydrogens (primary N) is 1. The van der Waals surface area contributed by atoms with E-state index < -0.39 is 0 Å². The lowest BCUT2D eigenvalue weighted by atomic mass is 10.1. The predicted molar refractivity (Wildman–Crippen MR) is 74.7 cm³/mol. The van der Waals surface area contributed by atoms with Crippen LogP contribution in [0.25, 0.3) is 0 Å². The van der Waals surface area contributed by atoms with E-state index in [9.17, 15) is 0 Å². The molecule has 0 aromatic carbocycles. The Balaban J connectivity index is 2.03. The zero-order valence-electron chi connectivity index (χ0n) is 11.6. The molecule has 2 heterocycles. The number of methoxy groups -OCH3 is 1. The third kappa shape index (κ3) is 3.27. The van der Waals surface area contributed by atoms with Crippen molar-refractivity contribution in [3.05, 3.63) is 6.33 Å². The molecule has 0 saturated carbocycles. The minimum absolute atomic E-state index is 0.0610. The van der Waals surface area contributed by atoms with E-state index in [0.717, 1.165) is 31.7 Å². The van der Waals surface area contributed by atoms with Crippen LogP contribution in [0.5, 0.6) is 5.75 Å². The molecule has 0 amide bonds. The van der Waals surface area contributed by atoms with Crippen LogP contribution in [-0.4, -0.2) is 54.6 Å². The van der Waals surface area contributed by atoms with Crippen LogP contribution in [0.1, 0.15) is 12.8 Å². The van der Waals surface area contributed by atoms with Gasteiger partial charge in [-0.3, -0.25) is 0 Å². The normalized spacial score (nSPS) is 16.2. The molecule has 0 atom stereocenters. The van der Waals surface area contributed by atoms with E-state index in [1.807, 2.05) is 0 Å². The average molecular weight is 283 g/mol. The van der Waals surface area contributed by atoms with Gasteiger partial charge in [0.1, 0.15) is 6.33 Å². The Morgan fingerprint density at radius 1 is 1.45 bits per heavy atom. The van der Waals surface area contributed by atoms with Crippen molar-refractivity contribution < 1.29 is 14.6 Å². The Morgan fingerprint density at radius 2 is 2.20 bits per heavy atom. The molecule has 0 unspecified atom stereocenters. The summed E-state index contributed by atoms with van der Waals surface area (Å²) in [6, 6.07) is 0. The molecule has 8 nitrogen and oxygen atoms in total. The fourth-order valence-corrected chi connectivity index (χ4v) is 2.33. The first-order valence-corrected chi connectivity index (χ1v) is 6.63. The van der Waals surface area contributed by atoms with Crippen molar-refractivity contribution in [2.75, 3.05) is 43.7 Å². The van der Waals surface area contributed by atoms with Gasteiger partial charge in [-0.15, -0.1) is 0 Å². The van der Waals surface area contributed by atoms with E-state index in [1.54, 1.807) is 7.11 Å². The van der Waals surface area contributed by atoms with Crippen molar-refractivity contribution in [1.29, 1.82) is 0 Å². The van der Waals surface area contributed by atoms with Gasteiger partial charge in [-0.1, -0.05) is 0 Å². The summed E-state index contributed by atoms with van der Waals surface area (Å²) in [7, 11) is 1.57. The molecule has 0 radical (unpaired) electrons. The maximum Gasteiger partial charge on any atom is 0.205 e. The van der Waals surface area contributed by atoms with Crippen LogP contribution in [0.15, 0.2) is 6.33 Å². The van der Waals surface area contributed by atoms with E-state index in [-0.39, 0.29) is 12.7 Å². The molecule has 1 aromatic heterocycles. The molecule has 112 valence electrons. The summed E-state index contributed by atoms with van der Waals surface area (Å²) in [4.78, 5) is 10.4. The highest BCUT2D eigenvalue weighted by molar-refractivity contribution is 5.64. The number of aliphatic hydroxyl groups excluding tert-OH is 1. The zero-order valence-corrected chi connectivity index (χ0v) is 11.6. The van der Waals surface area contributed by atoms with E-state index in [1.165, 1.54) is 6.33 Å². The van der Waals surface area contributed by atoms with Crippen molar-refractivity contribution in [1.82, 2.24) is 9.97 Å². The molecule has 4 N–H and O–H groups in total. The second kappa shape index (κ2) is 7.22. The molecule has 1 aliphatic heterocycles. The van der Waals surface area contributed by atoms with Crippen molar-refractivity contribution in [3.63, 3.8) is 0 Å². The lowest BCUT2D eigenvalue weighted by Gasteiger charge is -2.33. The van der Waals surface area contributed by atoms with Crippen LogP contribution in [0.4, 0.5) is 11.6 Å². The molecule has 1 aromatic rings. The number of aromatic nitrogens is 2. The molecular weight excluding hydrogens is 262 g/mol. The highest BCUT2D eigenvalue weighted by Gasteiger charge is 2.24. The van der Waals surface area contributed by atoms with Crippen LogP contribution in [0.2, 0.25) is 0 Å². The number of hydrogen-bond acceptors (Lipinski definition) is 8. The Bertz CT molecular complexity index is 424. The maximum absolute atomic E-state index is 8.77. The van der Waals surface area contributed by atoms with Gasteiger partial charge in [0, 0.05) is 13.1 Å². The molecule has 1 saturated heterocycles. The van der Waals surface area contributed by atoms with Crippen LogP contribution < -0.4 is 20.9 Å². The Labute approximate surface area is 117 Å². The van der Waals surface area contributed by atoms with E-state index in [2.05, 4.69) is 20.3 Å². The second-order valence-corrected chi connectivity index (χ2v) is 4.50. The van der Waals surface area contributed by atoms with Gasteiger partial charge in [0.05, 0.1) is 26.4 Å². The lowest BCUT2D eigenvalue weighted by molar-refractivity contribution is 0.0158. The number of nitrogens with one attached hydrogen (secondary N) is 1. The van der Waals surface area contributed by atoms with Gasteiger partial charge < -0.3 is 24.9 Å². The summed E-state index contributed by atoms with van der Waals surface area (Å²) in [5.41, 5.74) is 2.51. The molecule has 8 heteroatoms. The molecule has 1 aliphatic rings. The lowest BCUT2D eigenvalue weighted by Crippen LogP contribution is -2.38. The average Bonchev–Trinajstić information content (AvgIpc) is 2.52. The number of hydrogen-bond donors (Lipinski definition) is 3. The molecule has 0 spiro atoms. The Kier molecular flexibility index (Phi) is 5.33. The molecule has 0 bridgehead atoms. The quantitative estimate of drug-likeness (QED) is 0.485. The fourth-order valence-electron chi connectivity index (χ4n) is 2.33. The fraction of sp³-hybridized carbons (Fsp3) is 0.667. The summed E-state index contributed by atoms with van der Waals surface area (Å²) in [5, 5.41) is 8.77. The summed E-state index contributed by atoms with van der Waals surface area (Å²) in [6.07, 6.45) is 3.43. The number of piperidine rings is 1. The van der Waals surface area contributed by atoms with Gasteiger partial charge in [0.15, 0.2) is 11.6 Å². The van der Waals surface area contributed by atoms with Crippen LogP contribution >= 0.6 is 0 Å². The number of anilines is 2. The molecule has 0 aliphatic carbocycles. The van der Waals surface area contributed by atoms with Crippen molar-refractivity contribution in [2.24, 2.45) is 5.84 Å².